The van der Waals surface area contributed by atoms with E-state index in [0.29, 0.717) is 29.4 Å². The molecule has 0 aliphatic rings. The van der Waals surface area contributed by atoms with Crippen LogP contribution in [-0.2, 0) is 14.3 Å². The number of aromatic nitrogens is 4. The third kappa shape index (κ3) is 8.97. The monoisotopic (exact) mass is 726 g/mol. The molecule has 6 rings (SSSR count). The Morgan fingerprint density at radius 3 is 1.67 bits per heavy atom. The minimum atomic E-state index is -1.05. The van der Waals surface area contributed by atoms with Gasteiger partial charge in [-0.05, 0) is 44.5 Å². The van der Waals surface area contributed by atoms with Crippen molar-refractivity contribution >= 4 is 35.1 Å². The summed E-state index contributed by atoms with van der Waals surface area (Å²) in [7, 11) is 0. The van der Waals surface area contributed by atoms with E-state index < -0.39 is 18.0 Å². The number of nitrogens with zero attached hydrogens (tertiary/aromatic N) is 4. The number of carbonyl (C=O) groups excluding carboxylic acids is 1. The van der Waals surface area contributed by atoms with Crippen LogP contribution in [-0.4, -0.2) is 55.9 Å². The summed E-state index contributed by atoms with van der Waals surface area (Å²) >= 11 is 13.1. The van der Waals surface area contributed by atoms with Crippen molar-refractivity contribution in [3.8, 4) is 45.6 Å². The third-order valence-electron chi connectivity index (χ3n) is 7.50. The molecule has 0 spiro atoms. The standard InChI is InChI=1S/C20H19ClN2O3.C19H17ClN2O3/c1-3-25-17(24)13-26-20-18(21)19(15-11-9-14(2)10-12-15)23(22-20)16-7-5-4-6-8-16;1-2-15(19(23)24)25-18-16(20)17(13-9-5-3-6-10-13)22(21-18)14-11-7-4-8-12-14/h4-12H,3,13H2,1-2H3;3-12,15H,2H2,1H3,(H,23,24). The third-order valence-corrected chi connectivity index (χ3v) is 8.18. The summed E-state index contributed by atoms with van der Waals surface area (Å²) < 4.78 is 19.3. The largest absolute Gasteiger partial charge is 0.479 e. The van der Waals surface area contributed by atoms with Crippen LogP contribution in [0.4, 0.5) is 0 Å². The quantitative estimate of drug-likeness (QED) is 0.124. The molecular weight excluding hydrogens is 691 g/mol. The van der Waals surface area contributed by atoms with E-state index in [2.05, 4.69) is 10.2 Å². The van der Waals surface area contributed by atoms with Gasteiger partial charge < -0.3 is 19.3 Å². The minimum absolute atomic E-state index is 0.110. The normalized spacial score (nSPS) is 11.2. The lowest BCUT2D eigenvalue weighted by molar-refractivity contribution is -0.146. The Bertz CT molecular complexity index is 2050. The van der Waals surface area contributed by atoms with Gasteiger partial charge in [0.1, 0.15) is 10.0 Å². The molecule has 2 aromatic heterocycles. The lowest BCUT2D eigenvalue weighted by Gasteiger charge is -2.10. The van der Waals surface area contributed by atoms with Gasteiger partial charge in [-0.3, -0.25) is 0 Å². The summed E-state index contributed by atoms with van der Waals surface area (Å²) in [5, 5.41) is 18.8. The molecule has 262 valence electrons. The topological polar surface area (TPSA) is 118 Å². The number of esters is 1. The number of hydrogen-bond acceptors (Lipinski definition) is 7. The zero-order chi connectivity index (χ0) is 36.3. The van der Waals surface area contributed by atoms with Crippen molar-refractivity contribution in [2.45, 2.75) is 33.3 Å². The molecule has 4 aromatic carbocycles. The maximum atomic E-state index is 11.6. The molecular formula is C39H36Cl2N4O6. The summed E-state index contributed by atoms with van der Waals surface area (Å²) in [6.07, 6.45) is -0.690. The Morgan fingerprint density at radius 2 is 1.18 bits per heavy atom. The molecule has 0 saturated carbocycles. The number of rotatable bonds is 12. The average molecular weight is 728 g/mol. The summed E-state index contributed by atoms with van der Waals surface area (Å²) in [6.45, 7) is 5.55. The molecule has 0 fully saturated rings. The smallest absolute Gasteiger partial charge is 0.344 e. The lowest BCUT2D eigenvalue weighted by atomic mass is 10.1. The number of carbonyl (C=O) groups is 2. The average Bonchev–Trinajstić information content (AvgIpc) is 3.66. The van der Waals surface area contributed by atoms with Gasteiger partial charge in [0.15, 0.2) is 12.7 Å². The van der Waals surface area contributed by atoms with E-state index >= 15 is 0 Å². The van der Waals surface area contributed by atoms with E-state index in [1.807, 2.05) is 122 Å². The number of aliphatic carboxylic acids is 1. The molecule has 2 heterocycles. The molecule has 0 aliphatic carbocycles. The predicted octanol–water partition coefficient (Wildman–Crippen LogP) is 8.88. The molecule has 51 heavy (non-hydrogen) atoms. The number of aryl methyl sites for hydroxylation is 1. The van der Waals surface area contributed by atoms with Crippen LogP contribution in [0.2, 0.25) is 10.0 Å². The molecule has 1 N–H and O–H groups in total. The highest BCUT2D eigenvalue weighted by molar-refractivity contribution is 6.35. The summed E-state index contributed by atoms with van der Waals surface area (Å²) in [6, 6.07) is 36.6. The number of ether oxygens (including phenoxy) is 3. The number of halogens is 2. The fourth-order valence-electron chi connectivity index (χ4n) is 5.02. The molecule has 12 heteroatoms. The first-order chi connectivity index (χ1) is 24.7. The van der Waals surface area contributed by atoms with E-state index in [4.69, 9.17) is 37.4 Å². The van der Waals surface area contributed by atoms with Gasteiger partial charge in [0.05, 0.1) is 29.4 Å². The lowest BCUT2D eigenvalue weighted by Crippen LogP contribution is -2.26. The molecule has 0 amide bonds. The van der Waals surface area contributed by atoms with Gasteiger partial charge in [0.25, 0.3) is 11.8 Å². The van der Waals surface area contributed by atoms with Crippen LogP contribution in [0.15, 0.2) is 115 Å². The van der Waals surface area contributed by atoms with E-state index in [-0.39, 0.29) is 23.4 Å². The fraction of sp³-hybridized carbons (Fsp3) is 0.179. The van der Waals surface area contributed by atoms with Crippen molar-refractivity contribution in [1.82, 2.24) is 19.6 Å². The summed E-state index contributed by atoms with van der Waals surface area (Å²) in [5.41, 5.74) is 5.93. The van der Waals surface area contributed by atoms with Gasteiger partial charge in [0, 0.05) is 11.1 Å². The molecule has 0 aliphatic heterocycles. The first-order valence-corrected chi connectivity index (χ1v) is 17.0. The maximum Gasteiger partial charge on any atom is 0.344 e. The van der Waals surface area contributed by atoms with Gasteiger partial charge >= 0.3 is 11.9 Å². The first kappa shape index (κ1) is 36.7. The second-order valence-electron chi connectivity index (χ2n) is 11.1. The molecule has 0 saturated heterocycles. The van der Waals surface area contributed by atoms with Crippen molar-refractivity contribution in [1.29, 1.82) is 0 Å². The van der Waals surface area contributed by atoms with Crippen LogP contribution in [0.3, 0.4) is 0 Å². The number of carboxylic acids is 1. The van der Waals surface area contributed by atoms with Crippen LogP contribution in [0.1, 0.15) is 25.8 Å². The molecule has 0 bridgehead atoms. The number of hydrogen-bond donors (Lipinski definition) is 1. The second kappa shape index (κ2) is 17.4. The highest BCUT2D eigenvalue weighted by atomic mass is 35.5. The van der Waals surface area contributed by atoms with Crippen molar-refractivity contribution in [3.63, 3.8) is 0 Å². The Labute approximate surface area is 305 Å². The molecule has 10 nitrogen and oxygen atoms in total. The van der Waals surface area contributed by atoms with Crippen LogP contribution in [0, 0.1) is 6.92 Å². The van der Waals surface area contributed by atoms with Crippen LogP contribution < -0.4 is 9.47 Å². The molecule has 1 atom stereocenters. The van der Waals surface area contributed by atoms with Crippen molar-refractivity contribution in [3.05, 3.63) is 131 Å². The van der Waals surface area contributed by atoms with E-state index in [0.717, 1.165) is 28.1 Å². The van der Waals surface area contributed by atoms with Crippen molar-refractivity contribution < 1.29 is 28.9 Å². The zero-order valence-corrected chi connectivity index (χ0v) is 29.7. The van der Waals surface area contributed by atoms with E-state index in [1.54, 1.807) is 23.2 Å². The maximum absolute atomic E-state index is 11.6. The molecule has 1 unspecified atom stereocenters. The highest BCUT2D eigenvalue weighted by Crippen LogP contribution is 2.38. The van der Waals surface area contributed by atoms with Gasteiger partial charge in [-0.2, -0.15) is 0 Å². The number of benzene rings is 4. The van der Waals surface area contributed by atoms with Crippen LogP contribution >= 0.6 is 23.2 Å². The first-order valence-electron chi connectivity index (χ1n) is 16.2. The fourth-order valence-corrected chi connectivity index (χ4v) is 5.57. The van der Waals surface area contributed by atoms with E-state index in [1.165, 1.54) is 0 Å². The Kier molecular flexibility index (Phi) is 12.5. The van der Waals surface area contributed by atoms with Gasteiger partial charge in [-0.15, -0.1) is 10.2 Å². The Morgan fingerprint density at radius 1 is 0.706 bits per heavy atom. The highest BCUT2D eigenvalue weighted by Gasteiger charge is 2.25. The van der Waals surface area contributed by atoms with Crippen LogP contribution in [0.25, 0.3) is 33.9 Å². The number of para-hydroxylation sites is 2. The summed E-state index contributed by atoms with van der Waals surface area (Å²) in [4.78, 5) is 22.8. The Balaban J connectivity index is 0.000000198. The number of carboxylic acid groups (broad SMARTS) is 1. The predicted molar refractivity (Wildman–Crippen MR) is 197 cm³/mol. The van der Waals surface area contributed by atoms with Gasteiger partial charge in [-0.1, -0.05) is 127 Å². The van der Waals surface area contributed by atoms with Crippen LogP contribution in [0.5, 0.6) is 11.8 Å². The zero-order valence-electron chi connectivity index (χ0n) is 28.2. The van der Waals surface area contributed by atoms with Crippen molar-refractivity contribution in [2.24, 2.45) is 0 Å². The SMILES string of the molecule is CCC(Oc1nn(-c2ccccc2)c(-c2ccccc2)c1Cl)C(=O)O.CCOC(=O)COc1nn(-c2ccccc2)c(-c2ccc(C)cc2)c1Cl. The summed E-state index contributed by atoms with van der Waals surface area (Å²) in [5.74, 6) is -1.21. The minimum Gasteiger partial charge on any atom is -0.479 e. The molecule has 0 radical (unpaired) electrons. The van der Waals surface area contributed by atoms with Gasteiger partial charge in [0.2, 0.25) is 0 Å². The van der Waals surface area contributed by atoms with E-state index in [9.17, 15) is 14.7 Å². The van der Waals surface area contributed by atoms with Gasteiger partial charge in [-0.25, -0.2) is 19.0 Å². The Hall–Kier alpha value is -5.58. The molecule has 6 aromatic rings. The second-order valence-corrected chi connectivity index (χ2v) is 11.9. The van der Waals surface area contributed by atoms with Crippen molar-refractivity contribution in [2.75, 3.05) is 13.2 Å².